The molecule has 1 fully saturated rings. The van der Waals surface area contributed by atoms with Crippen molar-refractivity contribution in [2.75, 3.05) is 6.26 Å². The number of rotatable bonds is 3. The summed E-state index contributed by atoms with van der Waals surface area (Å²) in [7, 11) is -3.22. The number of carbonyl (C=O) groups excluding carboxylic acids is 1. The smallest absolute Gasteiger partial charge is 0.251 e. The molecule has 6 heteroatoms. The van der Waals surface area contributed by atoms with Gasteiger partial charge in [-0.25, -0.2) is 8.42 Å². The lowest BCUT2D eigenvalue weighted by atomic mass is 9.87. The van der Waals surface area contributed by atoms with E-state index in [1.807, 2.05) is 0 Å². The van der Waals surface area contributed by atoms with Crippen LogP contribution in [-0.4, -0.2) is 32.7 Å². The molecule has 18 heavy (non-hydrogen) atoms. The first-order chi connectivity index (χ1) is 8.36. The second-order valence-corrected chi connectivity index (χ2v) is 6.71. The fourth-order valence-electron chi connectivity index (χ4n) is 1.90. The van der Waals surface area contributed by atoms with Gasteiger partial charge in [0.2, 0.25) is 0 Å². The van der Waals surface area contributed by atoms with E-state index in [0.29, 0.717) is 5.56 Å². The molecule has 0 aromatic heterocycles. The fraction of sp³-hybridized carbons (Fsp3) is 0.417. The number of sulfone groups is 1. The summed E-state index contributed by atoms with van der Waals surface area (Å²) in [6.07, 6.45) is 2.73. The van der Waals surface area contributed by atoms with Crippen molar-refractivity contribution >= 4 is 15.7 Å². The largest absolute Gasteiger partial charge is 0.349 e. The molecule has 1 aliphatic rings. The summed E-state index contributed by atoms with van der Waals surface area (Å²) >= 11 is 0. The van der Waals surface area contributed by atoms with Gasteiger partial charge in [0.1, 0.15) is 0 Å². The molecule has 0 radical (unpaired) electrons. The van der Waals surface area contributed by atoms with E-state index in [0.717, 1.165) is 19.1 Å². The van der Waals surface area contributed by atoms with E-state index >= 15 is 0 Å². The molecule has 0 aliphatic heterocycles. The summed E-state index contributed by atoms with van der Waals surface area (Å²) in [6, 6.07) is 6.24. The van der Waals surface area contributed by atoms with Crippen molar-refractivity contribution < 1.29 is 13.2 Å². The van der Waals surface area contributed by atoms with Gasteiger partial charge in [0.25, 0.3) is 5.91 Å². The zero-order valence-corrected chi connectivity index (χ0v) is 10.9. The first-order valence-electron chi connectivity index (χ1n) is 5.73. The van der Waals surface area contributed by atoms with Gasteiger partial charge in [0.15, 0.2) is 9.84 Å². The number of amides is 1. The highest BCUT2D eigenvalue weighted by Gasteiger charge is 2.27. The topological polar surface area (TPSA) is 89.3 Å². The van der Waals surface area contributed by atoms with Crippen LogP contribution in [0.15, 0.2) is 29.2 Å². The average molecular weight is 268 g/mol. The molecule has 1 aliphatic carbocycles. The van der Waals surface area contributed by atoms with E-state index in [-0.39, 0.29) is 22.9 Å². The summed E-state index contributed by atoms with van der Waals surface area (Å²) in [5, 5.41) is 2.85. The summed E-state index contributed by atoms with van der Waals surface area (Å²) in [4.78, 5) is 12.0. The molecule has 5 nitrogen and oxygen atoms in total. The SMILES string of the molecule is CS(=O)(=O)c1ccc(C(=O)NC2CC(N)C2)cc1. The summed E-state index contributed by atoms with van der Waals surface area (Å²) in [5.41, 5.74) is 6.09. The molecule has 0 heterocycles. The Kier molecular flexibility index (Phi) is 3.41. The van der Waals surface area contributed by atoms with Crippen LogP contribution >= 0.6 is 0 Å². The third-order valence-electron chi connectivity index (χ3n) is 3.05. The Bertz CT molecular complexity index is 545. The average Bonchev–Trinajstić information content (AvgIpc) is 2.26. The Hall–Kier alpha value is -1.40. The highest BCUT2D eigenvalue weighted by molar-refractivity contribution is 7.90. The van der Waals surface area contributed by atoms with Crippen LogP contribution in [0.25, 0.3) is 0 Å². The van der Waals surface area contributed by atoms with Crippen LogP contribution in [0, 0.1) is 0 Å². The second kappa shape index (κ2) is 4.70. The maximum atomic E-state index is 11.8. The Morgan fingerprint density at radius 3 is 2.28 bits per heavy atom. The van der Waals surface area contributed by atoms with Crippen molar-refractivity contribution in [1.82, 2.24) is 5.32 Å². The minimum atomic E-state index is -3.22. The van der Waals surface area contributed by atoms with Gasteiger partial charge >= 0.3 is 0 Å². The van der Waals surface area contributed by atoms with E-state index in [9.17, 15) is 13.2 Å². The molecule has 0 unspecified atom stereocenters. The lowest BCUT2D eigenvalue weighted by molar-refractivity contribution is 0.0910. The number of nitrogens with one attached hydrogen (secondary N) is 1. The molecule has 0 spiro atoms. The standard InChI is InChI=1S/C12H16N2O3S/c1-18(16,17)11-4-2-8(3-5-11)12(15)14-10-6-9(13)7-10/h2-5,9-10H,6-7,13H2,1H3,(H,14,15). The number of carbonyl (C=O) groups is 1. The molecule has 0 bridgehead atoms. The van der Waals surface area contributed by atoms with Crippen LogP contribution in [0.4, 0.5) is 0 Å². The van der Waals surface area contributed by atoms with Crippen LogP contribution in [0.3, 0.4) is 0 Å². The van der Waals surface area contributed by atoms with Crippen LogP contribution in [0.2, 0.25) is 0 Å². The molecule has 1 amide bonds. The van der Waals surface area contributed by atoms with Gasteiger partial charge in [-0.15, -0.1) is 0 Å². The lowest BCUT2D eigenvalue weighted by Gasteiger charge is -2.32. The highest BCUT2D eigenvalue weighted by Crippen LogP contribution is 2.18. The molecule has 98 valence electrons. The first kappa shape index (κ1) is 13.0. The third-order valence-corrected chi connectivity index (χ3v) is 4.18. The zero-order valence-electron chi connectivity index (χ0n) is 10.1. The maximum absolute atomic E-state index is 11.8. The third kappa shape index (κ3) is 2.88. The quantitative estimate of drug-likeness (QED) is 0.825. The molecule has 3 N–H and O–H groups in total. The summed E-state index contributed by atoms with van der Waals surface area (Å²) < 4.78 is 22.5. The Morgan fingerprint density at radius 1 is 1.28 bits per heavy atom. The van der Waals surface area contributed by atoms with Crippen molar-refractivity contribution in [2.45, 2.75) is 29.8 Å². The van der Waals surface area contributed by atoms with Gasteiger partial charge in [-0.1, -0.05) is 0 Å². The minimum Gasteiger partial charge on any atom is -0.349 e. The highest BCUT2D eigenvalue weighted by atomic mass is 32.2. The molecule has 1 aromatic rings. The predicted octanol–water partition coefficient (Wildman–Crippen LogP) is 0.310. The van der Waals surface area contributed by atoms with Crippen LogP contribution in [-0.2, 0) is 9.84 Å². The molecule has 1 saturated carbocycles. The predicted molar refractivity (Wildman–Crippen MR) is 68.0 cm³/mol. The summed E-state index contributed by atoms with van der Waals surface area (Å²) in [6.45, 7) is 0. The first-order valence-corrected chi connectivity index (χ1v) is 7.62. The minimum absolute atomic E-state index is 0.141. The normalized spacial score (nSPS) is 23.2. The monoisotopic (exact) mass is 268 g/mol. The molecule has 1 aromatic carbocycles. The van der Waals surface area contributed by atoms with Gasteiger partial charge in [0.05, 0.1) is 4.90 Å². The molecule has 2 rings (SSSR count). The van der Waals surface area contributed by atoms with E-state index in [1.54, 1.807) is 0 Å². The van der Waals surface area contributed by atoms with Crippen molar-refractivity contribution in [3.05, 3.63) is 29.8 Å². The lowest BCUT2D eigenvalue weighted by Crippen LogP contribution is -2.50. The Labute approximate surface area is 106 Å². The van der Waals surface area contributed by atoms with Gasteiger partial charge < -0.3 is 11.1 Å². The van der Waals surface area contributed by atoms with E-state index in [1.165, 1.54) is 24.3 Å². The molecular weight excluding hydrogens is 252 g/mol. The van der Waals surface area contributed by atoms with E-state index in [2.05, 4.69) is 5.32 Å². The zero-order chi connectivity index (χ0) is 13.3. The van der Waals surface area contributed by atoms with Crippen molar-refractivity contribution in [3.8, 4) is 0 Å². The fourth-order valence-corrected chi connectivity index (χ4v) is 2.53. The van der Waals surface area contributed by atoms with Crippen LogP contribution in [0.5, 0.6) is 0 Å². The van der Waals surface area contributed by atoms with Crippen molar-refractivity contribution in [3.63, 3.8) is 0 Å². The Morgan fingerprint density at radius 2 is 1.83 bits per heavy atom. The second-order valence-electron chi connectivity index (χ2n) is 4.70. The van der Waals surface area contributed by atoms with Gasteiger partial charge in [-0.3, -0.25) is 4.79 Å². The van der Waals surface area contributed by atoms with Gasteiger partial charge in [-0.05, 0) is 37.1 Å². The molecule has 0 atom stereocenters. The number of benzene rings is 1. The number of hydrogen-bond donors (Lipinski definition) is 2. The maximum Gasteiger partial charge on any atom is 0.251 e. The molecular formula is C12H16N2O3S. The summed E-state index contributed by atoms with van der Waals surface area (Å²) in [5.74, 6) is -0.188. The van der Waals surface area contributed by atoms with Gasteiger partial charge in [0, 0.05) is 23.9 Å². The van der Waals surface area contributed by atoms with Crippen molar-refractivity contribution in [2.24, 2.45) is 5.73 Å². The number of hydrogen-bond acceptors (Lipinski definition) is 4. The van der Waals surface area contributed by atoms with E-state index in [4.69, 9.17) is 5.73 Å². The van der Waals surface area contributed by atoms with Crippen molar-refractivity contribution in [1.29, 1.82) is 0 Å². The number of nitrogens with two attached hydrogens (primary N) is 1. The molecule has 0 saturated heterocycles. The van der Waals surface area contributed by atoms with Crippen LogP contribution < -0.4 is 11.1 Å². The van der Waals surface area contributed by atoms with Gasteiger partial charge in [-0.2, -0.15) is 0 Å². The Balaban J connectivity index is 2.03. The van der Waals surface area contributed by atoms with E-state index < -0.39 is 9.84 Å². The van der Waals surface area contributed by atoms with Crippen LogP contribution in [0.1, 0.15) is 23.2 Å².